The Morgan fingerprint density at radius 1 is 1.05 bits per heavy atom. The molecule has 0 unspecified atom stereocenters. The number of halogens is 3. The summed E-state index contributed by atoms with van der Waals surface area (Å²) in [7, 11) is 0. The topological polar surface area (TPSA) is 0 Å². The fourth-order valence-corrected chi connectivity index (χ4v) is 3.08. The molecule has 0 heterocycles. The molecule has 0 aliphatic heterocycles. The van der Waals surface area contributed by atoms with Crippen LogP contribution in [0, 0.1) is 11.8 Å². The van der Waals surface area contributed by atoms with E-state index in [-0.39, 0.29) is 0 Å². The van der Waals surface area contributed by atoms with Crippen molar-refractivity contribution in [3.05, 3.63) is 35.4 Å². The van der Waals surface area contributed by atoms with Gasteiger partial charge in [-0.05, 0) is 48.3 Å². The highest BCUT2D eigenvalue weighted by atomic mass is 19.4. The predicted molar refractivity (Wildman–Crippen MR) is 71.0 cm³/mol. The summed E-state index contributed by atoms with van der Waals surface area (Å²) in [5.41, 5.74) is 0.519. The van der Waals surface area contributed by atoms with Gasteiger partial charge in [-0.3, -0.25) is 0 Å². The molecule has 0 spiro atoms. The fourth-order valence-electron chi connectivity index (χ4n) is 3.08. The Labute approximate surface area is 113 Å². The van der Waals surface area contributed by atoms with Gasteiger partial charge >= 0.3 is 6.18 Å². The summed E-state index contributed by atoms with van der Waals surface area (Å²) in [5, 5.41) is 0. The molecule has 106 valence electrons. The lowest BCUT2D eigenvalue weighted by Crippen LogP contribution is -2.18. The Kier molecular flexibility index (Phi) is 4.22. The molecular formula is C16H21F3. The van der Waals surface area contributed by atoms with Crippen LogP contribution in [-0.2, 0) is 6.18 Å². The van der Waals surface area contributed by atoms with E-state index in [1.54, 1.807) is 12.1 Å². The molecule has 1 aromatic rings. The highest BCUT2D eigenvalue weighted by molar-refractivity contribution is 5.27. The van der Waals surface area contributed by atoms with Crippen molar-refractivity contribution in [3.63, 3.8) is 0 Å². The lowest BCUT2D eigenvalue weighted by Gasteiger charge is -2.32. The van der Waals surface area contributed by atoms with E-state index in [2.05, 4.69) is 13.8 Å². The van der Waals surface area contributed by atoms with Crippen molar-refractivity contribution < 1.29 is 13.2 Å². The molecule has 19 heavy (non-hydrogen) atoms. The number of alkyl halides is 3. The molecule has 1 saturated carbocycles. The summed E-state index contributed by atoms with van der Waals surface area (Å²) in [5.74, 6) is 1.81. The molecule has 0 aromatic heterocycles. The van der Waals surface area contributed by atoms with E-state index in [4.69, 9.17) is 0 Å². The van der Waals surface area contributed by atoms with E-state index in [9.17, 15) is 13.2 Å². The van der Waals surface area contributed by atoms with Gasteiger partial charge in [-0.25, -0.2) is 0 Å². The smallest absolute Gasteiger partial charge is 0.166 e. The van der Waals surface area contributed by atoms with E-state index in [1.165, 1.54) is 25.0 Å². The van der Waals surface area contributed by atoms with Crippen LogP contribution in [0.5, 0.6) is 0 Å². The largest absolute Gasteiger partial charge is 0.416 e. The van der Waals surface area contributed by atoms with E-state index < -0.39 is 11.7 Å². The number of benzene rings is 1. The van der Waals surface area contributed by atoms with Gasteiger partial charge in [0.2, 0.25) is 0 Å². The average Bonchev–Trinajstić information content (AvgIpc) is 2.38. The Hall–Kier alpha value is -0.990. The summed E-state index contributed by atoms with van der Waals surface area (Å²) in [4.78, 5) is 0. The first-order chi connectivity index (χ1) is 8.88. The molecule has 1 fully saturated rings. The molecule has 1 aliphatic rings. The van der Waals surface area contributed by atoms with Crippen LogP contribution in [0.4, 0.5) is 13.2 Å². The van der Waals surface area contributed by atoms with Gasteiger partial charge in [0.25, 0.3) is 0 Å². The monoisotopic (exact) mass is 270 g/mol. The van der Waals surface area contributed by atoms with Gasteiger partial charge in [-0.2, -0.15) is 13.2 Å². The Balaban J connectivity index is 2.10. The molecule has 3 heteroatoms. The minimum atomic E-state index is -4.23. The molecule has 0 bridgehead atoms. The van der Waals surface area contributed by atoms with E-state index in [0.717, 1.165) is 18.4 Å². The van der Waals surface area contributed by atoms with E-state index >= 15 is 0 Å². The van der Waals surface area contributed by atoms with Crippen LogP contribution in [0.25, 0.3) is 0 Å². The molecule has 2 atom stereocenters. The first-order valence-corrected chi connectivity index (χ1v) is 7.05. The third kappa shape index (κ3) is 3.52. The quantitative estimate of drug-likeness (QED) is 0.652. The highest BCUT2D eigenvalue weighted by Gasteiger charge is 2.31. The van der Waals surface area contributed by atoms with Crippen LogP contribution < -0.4 is 0 Å². The SMILES string of the molecule is CC(C)[C@@H]1CCC[C@H](c2ccc(C(F)(F)F)cc2)C1. The molecule has 1 aliphatic carbocycles. The standard InChI is InChI=1S/C16H21F3/c1-11(2)13-4-3-5-14(10-13)12-6-8-15(9-7-12)16(17,18)19/h6-9,11,13-14H,3-5,10H2,1-2H3/t13-,14+/m1/s1. The van der Waals surface area contributed by atoms with Crippen LogP contribution in [0.15, 0.2) is 24.3 Å². The van der Waals surface area contributed by atoms with Crippen LogP contribution in [0.1, 0.15) is 56.6 Å². The van der Waals surface area contributed by atoms with Crippen LogP contribution >= 0.6 is 0 Å². The summed E-state index contributed by atoms with van der Waals surface area (Å²) in [6.07, 6.45) is 0.437. The van der Waals surface area contributed by atoms with Gasteiger partial charge in [0.15, 0.2) is 0 Å². The second-order valence-corrected chi connectivity index (χ2v) is 5.99. The van der Waals surface area contributed by atoms with E-state index in [1.807, 2.05) is 0 Å². The van der Waals surface area contributed by atoms with Gasteiger partial charge in [0, 0.05) is 0 Å². The molecule has 0 saturated heterocycles. The van der Waals surface area contributed by atoms with Gasteiger partial charge in [-0.1, -0.05) is 38.8 Å². The number of hydrogen-bond donors (Lipinski definition) is 0. The zero-order chi connectivity index (χ0) is 14.0. The van der Waals surface area contributed by atoms with Crippen molar-refractivity contribution in [1.29, 1.82) is 0 Å². The van der Waals surface area contributed by atoms with Crippen LogP contribution in [0.3, 0.4) is 0 Å². The zero-order valence-corrected chi connectivity index (χ0v) is 11.5. The molecule has 0 radical (unpaired) electrons. The van der Waals surface area contributed by atoms with Crippen molar-refractivity contribution >= 4 is 0 Å². The van der Waals surface area contributed by atoms with Crippen LogP contribution in [-0.4, -0.2) is 0 Å². The zero-order valence-electron chi connectivity index (χ0n) is 11.5. The fraction of sp³-hybridized carbons (Fsp3) is 0.625. The second-order valence-electron chi connectivity index (χ2n) is 5.99. The maximum atomic E-state index is 12.5. The van der Waals surface area contributed by atoms with Crippen molar-refractivity contribution in [3.8, 4) is 0 Å². The van der Waals surface area contributed by atoms with Crippen molar-refractivity contribution in [2.45, 2.75) is 51.6 Å². The third-order valence-electron chi connectivity index (χ3n) is 4.37. The minimum absolute atomic E-state index is 0.434. The maximum absolute atomic E-state index is 12.5. The lowest BCUT2D eigenvalue weighted by atomic mass is 9.74. The predicted octanol–water partition coefficient (Wildman–Crippen LogP) is 5.64. The Morgan fingerprint density at radius 3 is 2.21 bits per heavy atom. The number of rotatable bonds is 2. The normalized spacial score (nSPS) is 24.7. The first kappa shape index (κ1) is 14.4. The van der Waals surface area contributed by atoms with Crippen LogP contribution in [0.2, 0.25) is 0 Å². The van der Waals surface area contributed by atoms with Crippen molar-refractivity contribution in [2.75, 3.05) is 0 Å². The van der Waals surface area contributed by atoms with Gasteiger partial charge in [-0.15, -0.1) is 0 Å². The summed E-state index contributed by atoms with van der Waals surface area (Å²) in [6.45, 7) is 4.47. The Morgan fingerprint density at radius 2 is 1.68 bits per heavy atom. The molecule has 0 amide bonds. The third-order valence-corrected chi connectivity index (χ3v) is 4.37. The van der Waals surface area contributed by atoms with Crippen molar-refractivity contribution in [2.24, 2.45) is 11.8 Å². The number of hydrogen-bond acceptors (Lipinski definition) is 0. The van der Waals surface area contributed by atoms with E-state index in [0.29, 0.717) is 17.8 Å². The molecule has 1 aromatic carbocycles. The summed E-state index contributed by atoms with van der Waals surface area (Å²) in [6, 6.07) is 5.76. The Bertz CT molecular complexity index is 403. The van der Waals surface area contributed by atoms with Gasteiger partial charge in [0.05, 0.1) is 5.56 Å². The minimum Gasteiger partial charge on any atom is -0.166 e. The molecule has 2 rings (SSSR count). The molecule has 0 nitrogen and oxygen atoms in total. The second kappa shape index (κ2) is 5.56. The average molecular weight is 270 g/mol. The maximum Gasteiger partial charge on any atom is 0.416 e. The van der Waals surface area contributed by atoms with Gasteiger partial charge in [0.1, 0.15) is 0 Å². The summed E-state index contributed by atoms with van der Waals surface area (Å²) >= 11 is 0. The van der Waals surface area contributed by atoms with Crippen molar-refractivity contribution in [1.82, 2.24) is 0 Å². The first-order valence-electron chi connectivity index (χ1n) is 7.05. The summed E-state index contributed by atoms with van der Waals surface area (Å²) < 4.78 is 37.6. The molecular weight excluding hydrogens is 249 g/mol. The van der Waals surface area contributed by atoms with Gasteiger partial charge < -0.3 is 0 Å². The highest BCUT2D eigenvalue weighted by Crippen LogP contribution is 2.40. The lowest BCUT2D eigenvalue weighted by molar-refractivity contribution is -0.137. The molecule has 0 N–H and O–H groups in total.